The van der Waals surface area contributed by atoms with Gasteiger partial charge in [-0.15, -0.1) is 0 Å². The average molecular weight is 514 g/mol. The zero-order chi connectivity index (χ0) is 25.9. The summed E-state index contributed by atoms with van der Waals surface area (Å²) < 4.78 is 15.6. The second-order valence-electron chi connectivity index (χ2n) is 9.22. The summed E-state index contributed by atoms with van der Waals surface area (Å²) in [5, 5.41) is 7.03. The van der Waals surface area contributed by atoms with Crippen LogP contribution in [0.1, 0.15) is 41.0 Å². The van der Waals surface area contributed by atoms with E-state index in [1.807, 2.05) is 78.0 Å². The number of halogens is 1. The molecule has 2 atom stereocenters. The molecule has 0 bridgehead atoms. The summed E-state index contributed by atoms with van der Waals surface area (Å²) in [5.74, 6) is -0.366. The number of thiocarbonyl (C=S) groups is 1. The number of nitrogens with one attached hydrogen (secondary N) is 2. The molecule has 8 heteroatoms. The van der Waals surface area contributed by atoms with Crippen molar-refractivity contribution in [2.45, 2.75) is 32.4 Å². The van der Waals surface area contributed by atoms with E-state index in [-0.39, 0.29) is 30.2 Å². The van der Waals surface area contributed by atoms with E-state index in [2.05, 4.69) is 15.6 Å². The van der Waals surface area contributed by atoms with Crippen LogP contribution in [0.15, 0.2) is 85.2 Å². The van der Waals surface area contributed by atoms with Gasteiger partial charge in [-0.25, -0.2) is 4.39 Å². The Kier molecular flexibility index (Phi) is 7.01. The molecular weight excluding hydrogens is 485 g/mol. The van der Waals surface area contributed by atoms with Crippen LogP contribution in [0.3, 0.4) is 0 Å². The van der Waals surface area contributed by atoms with Crippen molar-refractivity contribution >= 4 is 28.9 Å². The molecule has 2 aromatic carbocycles. The van der Waals surface area contributed by atoms with E-state index >= 15 is 0 Å². The third-order valence-electron chi connectivity index (χ3n) is 6.63. The molecule has 0 spiro atoms. The van der Waals surface area contributed by atoms with E-state index < -0.39 is 0 Å². The van der Waals surface area contributed by atoms with Gasteiger partial charge >= 0.3 is 0 Å². The zero-order valence-corrected chi connectivity index (χ0v) is 21.5. The fourth-order valence-electron chi connectivity index (χ4n) is 4.75. The lowest BCUT2D eigenvalue weighted by Gasteiger charge is -2.29. The van der Waals surface area contributed by atoms with Gasteiger partial charge in [0.15, 0.2) is 5.11 Å². The van der Waals surface area contributed by atoms with Gasteiger partial charge in [-0.2, -0.15) is 0 Å². The Bertz CT molecular complexity index is 1420. The summed E-state index contributed by atoms with van der Waals surface area (Å²) in [6.07, 6.45) is 3.97. The first kappa shape index (κ1) is 24.6. The Balaban J connectivity index is 1.44. The van der Waals surface area contributed by atoms with Crippen LogP contribution in [0.4, 0.5) is 10.1 Å². The molecule has 1 saturated heterocycles. The predicted octanol–water partition coefficient (Wildman–Crippen LogP) is 5.63. The molecule has 2 aromatic heterocycles. The Hall–Kier alpha value is -4.04. The molecule has 0 aliphatic carbocycles. The Morgan fingerprint density at radius 2 is 1.89 bits per heavy atom. The van der Waals surface area contributed by atoms with Gasteiger partial charge in [-0.05, 0) is 91.8 Å². The molecule has 1 aliphatic rings. The fraction of sp³-hybridized carbons (Fsp3) is 0.207. The van der Waals surface area contributed by atoms with E-state index in [0.29, 0.717) is 11.7 Å². The van der Waals surface area contributed by atoms with Crippen LogP contribution in [0.25, 0.3) is 5.69 Å². The lowest BCUT2D eigenvalue weighted by molar-refractivity contribution is -0.116. The van der Waals surface area contributed by atoms with E-state index in [1.165, 1.54) is 12.1 Å². The van der Waals surface area contributed by atoms with Gasteiger partial charge in [0, 0.05) is 42.4 Å². The standard InChI is InChI=1S/C29H28FN5OS/c1-19-8-9-20(2)24(18-19)32-26(36)14-17-35-28(27(33-29(35)37)23-6-3-4-15-31-23)25-7-5-16-34(25)22-12-10-21(30)11-13-22/h3-13,15-16,18,27-28H,14,17H2,1-2H3,(H,32,36)(H,33,37)/t27-,28+/m1/s1. The number of pyridine rings is 1. The van der Waals surface area contributed by atoms with Crippen molar-refractivity contribution in [2.24, 2.45) is 0 Å². The number of amides is 1. The number of hydrogen-bond donors (Lipinski definition) is 2. The molecule has 1 aliphatic heterocycles. The highest BCUT2D eigenvalue weighted by atomic mass is 32.1. The van der Waals surface area contributed by atoms with Crippen LogP contribution in [0.2, 0.25) is 0 Å². The number of rotatable bonds is 7. The maximum Gasteiger partial charge on any atom is 0.226 e. The van der Waals surface area contributed by atoms with Crippen molar-refractivity contribution in [1.82, 2.24) is 19.8 Å². The lowest BCUT2D eigenvalue weighted by atomic mass is 10.0. The molecule has 37 heavy (non-hydrogen) atoms. The summed E-state index contributed by atoms with van der Waals surface area (Å²) >= 11 is 5.76. The quantitative estimate of drug-likeness (QED) is 0.314. The van der Waals surface area contributed by atoms with Crippen LogP contribution in [-0.2, 0) is 4.79 Å². The second kappa shape index (κ2) is 10.5. The molecule has 1 fully saturated rings. The number of aryl methyl sites for hydroxylation is 2. The first-order valence-electron chi connectivity index (χ1n) is 12.2. The average Bonchev–Trinajstić information content (AvgIpc) is 3.50. The van der Waals surface area contributed by atoms with Crippen molar-refractivity contribution < 1.29 is 9.18 Å². The highest BCUT2D eigenvalue weighted by Crippen LogP contribution is 2.39. The van der Waals surface area contributed by atoms with Crippen LogP contribution < -0.4 is 10.6 Å². The Morgan fingerprint density at radius 3 is 2.65 bits per heavy atom. The molecular formula is C29H28FN5OS. The maximum atomic E-state index is 13.6. The number of benzene rings is 2. The van der Waals surface area contributed by atoms with Crippen LogP contribution >= 0.6 is 12.2 Å². The molecule has 0 unspecified atom stereocenters. The minimum Gasteiger partial charge on any atom is -0.352 e. The summed E-state index contributed by atoms with van der Waals surface area (Å²) in [6, 6.07) is 21.7. The second-order valence-corrected chi connectivity index (χ2v) is 9.60. The van der Waals surface area contributed by atoms with Gasteiger partial charge in [-0.1, -0.05) is 18.2 Å². The number of hydrogen-bond acceptors (Lipinski definition) is 3. The third kappa shape index (κ3) is 5.24. The molecule has 6 nitrogen and oxygen atoms in total. The Morgan fingerprint density at radius 1 is 1.08 bits per heavy atom. The normalized spacial score (nSPS) is 17.1. The van der Waals surface area contributed by atoms with E-state index in [9.17, 15) is 9.18 Å². The monoisotopic (exact) mass is 513 g/mol. The van der Waals surface area contributed by atoms with Crippen molar-refractivity contribution in [3.05, 3.63) is 114 Å². The van der Waals surface area contributed by atoms with Crippen molar-refractivity contribution in [1.29, 1.82) is 0 Å². The van der Waals surface area contributed by atoms with Crippen molar-refractivity contribution in [3.8, 4) is 5.69 Å². The molecule has 1 amide bonds. The maximum absolute atomic E-state index is 13.6. The number of nitrogens with zero attached hydrogens (tertiary/aromatic N) is 3. The van der Waals surface area contributed by atoms with E-state index in [0.717, 1.165) is 33.9 Å². The summed E-state index contributed by atoms with van der Waals surface area (Å²) in [5.41, 5.74) is 5.58. The summed E-state index contributed by atoms with van der Waals surface area (Å²) in [7, 11) is 0. The number of aromatic nitrogens is 2. The van der Waals surface area contributed by atoms with Crippen molar-refractivity contribution in [3.63, 3.8) is 0 Å². The third-order valence-corrected chi connectivity index (χ3v) is 6.99. The molecule has 188 valence electrons. The molecule has 0 radical (unpaired) electrons. The van der Waals surface area contributed by atoms with Crippen molar-refractivity contribution in [2.75, 3.05) is 11.9 Å². The molecule has 5 rings (SSSR count). The first-order chi connectivity index (χ1) is 17.9. The highest BCUT2D eigenvalue weighted by Gasteiger charge is 2.41. The highest BCUT2D eigenvalue weighted by molar-refractivity contribution is 7.80. The van der Waals surface area contributed by atoms with Crippen LogP contribution in [0, 0.1) is 19.7 Å². The number of anilines is 1. The van der Waals surface area contributed by atoms with Crippen LogP contribution in [0.5, 0.6) is 0 Å². The van der Waals surface area contributed by atoms with E-state index in [4.69, 9.17) is 12.2 Å². The predicted molar refractivity (Wildman–Crippen MR) is 147 cm³/mol. The molecule has 2 N–H and O–H groups in total. The van der Waals surface area contributed by atoms with E-state index in [1.54, 1.807) is 18.3 Å². The first-order valence-corrected chi connectivity index (χ1v) is 12.6. The largest absolute Gasteiger partial charge is 0.352 e. The SMILES string of the molecule is Cc1ccc(C)c(NC(=O)CCN2C(=S)N[C@H](c3ccccn3)[C@@H]2c2cccn2-c2ccc(F)cc2)c1. The zero-order valence-electron chi connectivity index (χ0n) is 20.7. The smallest absolute Gasteiger partial charge is 0.226 e. The minimum absolute atomic E-state index is 0.0783. The lowest BCUT2D eigenvalue weighted by Crippen LogP contribution is -2.33. The van der Waals surface area contributed by atoms with Crippen LogP contribution in [-0.4, -0.2) is 32.0 Å². The summed E-state index contributed by atoms with van der Waals surface area (Å²) in [6.45, 7) is 4.40. The van der Waals surface area contributed by atoms with Gasteiger partial charge in [0.05, 0.1) is 17.8 Å². The molecule has 0 saturated carbocycles. The van der Waals surface area contributed by atoms with Gasteiger partial charge in [0.25, 0.3) is 0 Å². The number of carbonyl (C=O) groups is 1. The number of carbonyl (C=O) groups excluding carboxylic acids is 1. The molecule has 4 aromatic rings. The Labute approximate surface area is 221 Å². The fourth-order valence-corrected chi connectivity index (χ4v) is 5.08. The topological polar surface area (TPSA) is 62.2 Å². The summed E-state index contributed by atoms with van der Waals surface area (Å²) in [4.78, 5) is 19.6. The van der Waals surface area contributed by atoms with Gasteiger partial charge in [0.2, 0.25) is 5.91 Å². The van der Waals surface area contributed by atoms with Gasteiger partial charge < -0.3 is 20.1 Å². The van der Waals surface area contributed by atoms with Gasteiger partial charge in [0.1, 0.15) is 5.82 Å². The minimum atomic E-state index is -0.288. The van der Waals surface area contributed by atoms with Gasteiger partial charge in [-0.3, -0.25) is 9.78 Å². The molecule has 3 heterocycles.